The Morgan fingerprint density at radius 2 is 0.746 bits per heavy atom. The van der Waals surface area contributed by atoms with Crippen LogP contribution in [0.3, 0.4) is 0 Å². The van der Waals surface area contributed by atoms with Crippen LogP contribution in [0.1, 0.15) is 243 Å². The van der Waals surface area contributed by atoms with Crippen LogP contribution in [0.5, 0.6) is 0 Å². The molecule has 4 aliphatic rings. The zero-order valence-electron chi connectivity index (χ0n) is 42.9. The minimum atomic E-state index is 0. The summed E-state index contributed by atoms with van der Waals surface area (Å²) < 4.78 is 0. The van der Waals surface area contributed by atoms with E-state index in [1.165, 1.54) is 133 Å². The molecule has 0 N–H and O–H groups in total. The second-order valence-corrected chi connectivity index (χ2v) is 23.5. The van der Waals surface area contributed by atoms with Crippen molar-refractivity contribution in [1.29, 1.82) is 0 Å². The van der Waals surface area contributed by atoms with Gasteiger partial charge in [-0.1, -0.05) is 196 Å². The molecule has 0 aliphatic heterocycles. The molecule has 340 valence electrons. The molecule has 0 heterocycles. The minimum Gasteiger partial charge on any atom is -0.343 e. The van der Waals surface area contributed by atoms with E-state index in [2.05, 4.69) is 184 Å². The third kappa shape index (κ3) is 13.0. The Kier molecular flexibility index (Phi) is 19.1. The Hall–Kier alpha value is -2.24. The summed E-state index contributed by atoms with van der Waals surface area (Å²) in [4.78, 5) is 0. The maximum atomic E-state index is 3.92. The smallest absolute Gasteiger partial charge is 0.343 e. The van der Waals surface area contributed by atoms with Crippen LogP contribution in [0.2, 0.25) is 0 Å². The van der Waals surface area contributed by atoms with Crippen LogP contribution in [0.4, 0.5) is 0 Å². The van der Waals surface area contributed by atoms with Gasteiger partial charge in [0, 0.05) is 0 Å². The average Bonchev–Trinajstić information content (AvgIpc) is 3.75. The van der Waals surface area contributed by atoms with Gasteiger partial charge in [0.15, 0.2) is 0 Å². The minimum absolute atomic E-state index is 0. The Morgan fingerprint density at radius 1 is 0.444 bits per heavy atom. The molecule has 4 aromatic carbocycles. The molecule has 4 aromatic rings. The predicted molar refractivity (Wildman–Crippen MR) is 274 cm³/mol. The molecule has 63 heavy (non-hydrogen) atoms. The summed E-state index contributed by atoms with van der Waals surface area (Å²) >= 11 is 0. The molecule has 2 saturated carbocycles. The van der Waals surface area contributed by atoms with Crippen LogP contribution in [0, 0.1) is 37.8 Å². The van der Waals surface area contributed by atoms with Gasteiger partial charge in [-0.2, -0.15) is 60.4 Å². The monoisotopic (exact) mass is 923 g/mol. The molecule has 0 nitrogen and oxygen atoms in total. The second kappa shape index (κ2) is 22.5. The molecule has 2 fully saturated rings. The van der Waals surface area contributed by atoms with Gasteiger partial charge >= 0.3 is 26.2 Å². The molecule has 8 rings (SSSR count). The fraction of sp³-hybridized carbons (Fsp3) is 0.581. The van der Waals surface area contributed by atoms with Crippen molar-refractivity contribution in [3.63, 3.8) is 0 Å². The number of hydrogen-bond donors (Lipinski definition) is 0. The SMILES string of the molecule is CC(C)(C)c1[c-]c2c(cc1)-c1ccc(C(C)(C)C)cc1C2C1CCCCC1.CC(C)(C)c1[c-]c2c(cc1)-c1ccc(C(C)(C)C)cc1C2C1CCCCC1.[CH2-]CCC.[CH2-]CCC.[Zr+4]. The third-order valence-electron chi connectivity index (χ3n) is 14.2. The van der Waals surface area contributed by atoms with Crippen LogP contribution in [-0.2, 0) is 47.9 Å². The van der Waals surface area contributed by atoms with E-state index >= 15 is 0 Å². The summed E-state index contributed by atoms with van der Waals surface area (Å²) in [5.41, 5.74) is 18.2. The summed E-state index contributed by atoms with van der Waals surface area (Å²) in [6.45, 7) is 39.3. The van der Waals surface area contributed by atoms with Crippen molar-refractivity contribution in [3.05, 3.63) is 131 Å². The van der Waals surface area contributed by atoms with Gasteiger partial charge in [-0.05, 0) is 93.3 Å². The van der Waals surface area contributed by atoms with E-state index in [0.717, 1.165) is 24.7 Å². The molecule has 2 unspecified atom stereocenters. The van der Waals surface area contributed by atoms with Gasteiger partial charge in [-0.25, -0.2) is 0 Å². The molecule has 0 spiro atoms. The van der Waals surface area contributed by atoms with E-state index in [1.807, 2.05) is 0 Å². The van der Waals surface area contributed by atoms with E-state index in [0.29, 0.717) is 11.8 Å². The largest absolute Gasteiger partial charge is 4.00 e. The van der Waals surface area contributed by atoms with Gasteiger partial charge in [-0.15, -0.1) is 22.3 Å². The van der Waals surface area contributed by atoms with Crippen molar-refractivity contribution >= 4 is 0 Å². The van der Waals surface area contributed by atoms with Crippen molar-refractivity contribution < 1.29 is 26.2 Å². The molecule has 0 amide bonds. The van der Waals surface area contributed by atoms with Gasteiger partial charge < -0.3 is 13.8 Å². The first-order valence-corrected chi connectivity index (χ1v) is 25.2. The molecule has 1 heteroatoms. The molecular weight excluding hydrogens is 836 g/mol. The second-order valence-electron chi connectivity index (χ2n) is 23.5. The molecule has 0 radical (unpaired) electrons. The first-order chi connectivity index (χ1) is 29.1. The van der Waals surface area contributed by atoms with E-state index in [-0.39, 0.29) is 47.9 Å². The predicted octanol–water partition coefficient (Wildman–Crippen LogP) is 18.8. The van der Waals surface area contributed by atoms with Gasteiger partial charge in [0.1, 0.15) is 0 Å². The maximum absolute atomic E-state index is 3.92. The molecule has 0 bridgehead atoms. The molecular formula is C62H88Zr. The summed E-state index contributed by atoms with van der Waals surface area (Å²) in [6.07, 6.45) is 18.4. The van der Waals surface area contributed by atoms with E-state index in [1.54, 1.807) is 11.1 Å². The number of unbranched alkanes of at least 4 members (excludes halogenated alkanes) is 2. The van der Waals surface area contributed by atoms with Crippen LogP contribution in [0.15, 0.2) is 60.7 Å². The standard InChI is InChI=1S/2C27H35.2C4H9.Zr/c2*1-26(2,3)19-12-14-21-22-15-13-20(27(4,5)6)17-24(22)25(23(21)16-19)18-10-8-7-9-11-18;2*1-3-4-2;/h2*12-16,18,25H,7-11H2,1-6H3;2*1,3-4H2,2H3;/q4*-1;+4. The van der Waals surface area contributed by atoms with Crippen LogP contribution < -0.4 is 0 Å². The van der Waals surface area contributed by atoms with Crippen LogP contribution >= 0.6 is 0 Å². The number of benzene rings is 4. The fourth-order valence-electron chi connectivity index (χ4n) is 10.1. The summed E-state index contributed by atoms with van der Waals surface area (Å²) in [6, 6.07) is 31.7. The number of hydrogen-bond acceptors (Lipinski definition) is 0. The zero-order valence-corrected chi connectivity index (χ0v) is 45.4. The summed E-state index contributed by atoms with van der Waals surface area (Å²) in [5.74, 6) is 2.64. The van der Waals surface area contributed by atoms with Crippen LogP contribution in [0.25, 0.3) is 22.3 Å². The van der Waals surface area contributed by atoms with Crippen molar-refractivity contribution in [2.45, 2.75) is 220 Å². The van der Waals surface area contributed by atoms with Gasteiger partial charge in [0.05, 0.1) is 0 Å². The average molecular weight is 925 g/mol. The van der Waals surface area contributed by atoms with Crippen LogP contribution in [-0.4, -0.2) is 0 Å². The molecule has 2 atom stereocenters. The summed E-state index contributed by atoms with van der Waals surface area (Å²) in [7, 11) is 0. The fourth-order valence-corrected chi connectivity index (χ4v) is 10.1. The van der Waals surface area contributed by atoms with Crippen molar-refractivity contribution in [1.82, 2.24) is 0 Å². The Labute approximate surface area is 409 Å². The normalized spacial score (nSPS) is 18.5. The van der Waals surface area contributed by atoms with Crippen molar-refractivity contribution in [3.8, 4) is 22.3 Å². The molecule has 4 aliphatic carbocycles. The molecule has 0 saturated heterocycles. The third-order valence-corrected chi connectivity index (χ3v) is 14.2. The van der Waals surface area contributed by atoms with E-state index in [4.69, 9.17) is 0 Å². The first-order valence-electron chi connectivity index (χ1n) is 25.2. The van der Waals surface area contributed by atoms with Gasteiger partial charge in [0.25, 0.3) is 0 Å². The number of rotatable bonds is 4. The Bertz CT molecular complexity index is 1760. The maximum Gasteiger partial charge on any atom is 4.00 e. The zero-order chi connectivity index (χ0) is 45.6. The Balaban J connectivity index is 0.000000233. The molecule has 0 aromatic heterocycles. The van der Waals surface area contributed by atoms with E-state index < -0.39 is 0 Å². The topological polar surface area (TPSA) is 0 Å². The number of fused-ring (bicyclic) bond motifs is 6. The summed E-state index contributed by atoms with van der Waals surface area (Å²) in [5, 5.41) is 0. The van der Waals surface area contributed by atoms with Gasteiger partial charge in [-0.3, -0.25) is 0 Å². The van der Waals surface area contributed by atoms with E-state index in [9.17, 15) is 0 Å². The Morgan fingerprint density at radius 3 is 1.02 bits per heavy atom. The van der Waals surface area contributed by atoms with Gasteiger partial charge in [0.2, 0.25) is 0 Å². The van der Waals surface area contributed by atoms with Crippen molar-refractivity contribution in [2.24, 2.45) is 11.8 Å². The van der Waals surface area contributed by atoms with Crippen molar-refractivity contribution in [2.75, 3.05) is 0 Å². The quantitative estimate of drug-likeness (QED) is 0.179. The first kappa shape index (κ1) is 53.4.